The van der Waals surface area contributed by atoms with Crippen molar-refractivity contribution in [2.24, 2.45) is 0 Å². The van der Waals surface area contributed by atoms with E-state index in [0.717, 1.165) is 13.1 Å². The van der Waals surface area contributed by atoms with Crippen LogP contribution in [0.15, 0.2) is 12.1 Å². The van der Waals surface area contributed by atoms with Gasteiger partial charge in [-0.2, -0.15) is 0 Å². The molecule has 4 heteroatoms. The molecule has 110 valence electrons. The Morgan fingerprint density at radius 1 is 1.25 bits per heavy atom. The molecule has 2 aliphatic rings. The van der Waals surface area contributed by atoms with Crippen molar-refractivity contribution in [3.8, 4) is 0 Å². The molecule has 2 fully saturated rings. The number of piperazine rings is 1. The van der Waals surface area contributed by atoms with Gasteiger partial charge in [0.2, 0.25) is 0 Å². The van der Waals surface area contributed by atoms with Crippen LogP contribution in [0.2, 0.25) is 5.02 Å². The predicted octanol–water partition coefficient (Wildman–Crippen LogP) is 3.29. The van der Waals surface area contributed by atoms with Crippen LogP contribution >= 0.6 is 11.6 Å². The summed E-state index contributed by atoms with van der Waals surface area (Å²) in [5.41, 5.74) is 9.06. The molecule has 0 bridgehead atoms. The Balaban J connectivity index is 1.88. The molecule has 0 radical (unpaired) electrons. The van der Waals surface area contributed by atoms with E-state index >= 15 is 0 Å². The minimum absolute atomic E-state index is 0.530. The largest absolute Gasteiger partial charge is 0.398 e. The number of fused-ring (bicyclic) bond motifs is 1. The van der Waals surface area contributed by atoms with Gasteiger partial charge in [0, 0.05) is 30.9 Å². The number of aryl methyl sites for hydroxylation is 1. The highest BCUT2D eigenvalue weighted by Gasteiger charge is 2.33. The molecule has 0 spiro atoms. The molecule has 1 aromatic carbocycles. The van der Waals surface area contributed by atoms with E-state index in [9.17, 15) is 0 Å². The maximum atomic E-state index is 6.23. The van der Waals surface area contributed by atoms with E-state index in [1.165, 1.54) is 37.1 Å². The lowest BCUT2D eigenvalue weighted by Gasteiger charge is -2.48. The first-order valence-electron chi connectivity index (χ1n) is 7.62. The van der Waals surface area contributed by atoms with Crippen molar-refractivity contribution in [3.63, 3.8) is 0 Å². The van der Waals surface area contributed by atoms with Crippen molar-refractivity contribution in [1.29, 1.82) is 0 Å². The topological polar surface area (TPSA) is 32.5 Å². The summed E-state index contributed by atoms with van der Waals surface area (Å²) in [6.45, 7) is 7.98. The van der Waals surface area contributed by atoms with Gasteiger partial charge in [-0.15, -0.1) is 0 Å². The molecule has 0 aromatic heterocycles. The van der Waals surface area contributed by atoms with Crippen LogP contribution in [-0.4, -0.2) is 36.6 Å². The van der Waals surface area contributed by atoms with Gasteiger partial charge in [0.1, 0.15) is 0 Å². The first-order chi connectivity index (χ1) is 9.56. The zero-order chi connectivity index (χ0) is 14.3. The Kier molecular flexibility index (Phi) is 3.83. The smallest absolute Gasteiger partial charge is 0.0656 e. The molecule has 0 saturated carbocycles. The number of halogens is 1. The van der Waals surface area contributed by atoms with Crippen LogP contribution in [0.4, 0.5) is 11.4 Å². The lowest BCUT2D eigenvalue weighted by molar-refractivity contribution is 0.115. The van der Waals surface area contributed by atoms with Gasteiger partial charge < -0.3 is 10.6 Å². The van der Waals surface area contributed by atoms with Gasteiger partial charge in [-0.25, -0.2) is 0 Å². The number of anilines is 2. The van der Waals surface area contributed by atoms with E-state index in [2.05, 4.69) is 23.6 Å². The molecule has 2 aliphatic heterocycles. The normalized spacial score (nSPS) is 27.4. The summed E-state index contributed by atoms with van der Waals surface area (Å²) in [4.78, 5) is 5.19. The van der Waals surface area contributed by atoms with Crippen LogP contribution in [0.1, 0.15) is 31.7 Å². The summed E-state index contributed by atoms with van der Waals surface area (Å²) >= 11 is 6.23. The Morgan fingerprint density at radius 3 is 2.85 bits per heavy atom. The third kappa shape index (κ3) is 2.49. The fourth-order valence-corrected chi connectivity index (χ4v) is 3.85. The van der Waals surface area contributed by atoms with Crippen LogP contribution in [0.3, 0.4) is 0 Å². The minimum Gasteiger partial charge on any atom is -0.398 e. The van der Waals surface area contributed by atoms with Crippen molar-refractivity contribution in [2.45, 2.75) is 45.2 Å². The van der Waals surface area contributed by atoms with E-state index in [-0.39, 0.29) is 0 Å². The summed E-state index contributed by atoms with van der Waals surface area (Å²) in [6.07, 6.45) is 4.05. The Labute approximate surface area is 126 Å². The minimum atomic E-state index is 0.530. The summed E-state index contributed by atoms with van der Waals surface area (Å²) in [5, 5.41) is 0.670. The summed E-state index contributed by atoms with van der Waals surface area (Å²) in [5.74, 6) is 0. The molecule has 2 N–H and O–H groups in total. The number of nitrogens with two attached hydrogens (primary N) is 1. The maximum absolute atomic E-state index is 6.23. The fraction of sp³-hybridized carbons (Fsp3) is 0.625. The Morgan fingerprint density at radius 2 is 2.05 bits per heavy atom. The van der Waals surface area contributed by atoms with Crippen LogP contribution < -0.4 is 10.6 Å². The highest BCUT2D eigenvalue weighted by Crippen LogP contribution is 2.34. The van der Waals surface area contributed by atoms with E-state index in [4.69, 9.17) is 17.3 Å². The van der Waals surface area contributed by atoms with Crippen molar-refractivity contribution < 1.29 is 0 Å². The van der Waals surface area contributed by atoms with Gasteiger partial charge in [-0.3, -0.25) is 4.90 Å². The number of nitrogens with zero attached hydrogens (tertiary/aromatic N) is 2. The highest BCUT2D eigenvalue weighted by atomic mass is 35.5. The molecule has 1 aromatic rings. The molecular weight excluding hydrogens is 270 g/mol. The second kappa shape index (κ2) is 5.45. The molecule has 3 rings (SSSR count). The van der Waals surface area contributed by atoms with Crippen molar-refractivity contribution in [3.05, 3.63) is 22.7 Å². The number of rotatable bonds is 1. The average molecular weight is 294 g/mol. The van der Waals surface area contributed by atoms with Crippen LogP contribution in [0.25, 0.3) is 0 Å². The number of hydrogen-bond donors (Lipinski definition) is 1. The van der Waals surface area contributed by atoms with Gasteiger partial charge in [0.25, 0.3) is 0 Å². The number of piperidine rings is 1. The van der Waals surface area contributed by atoms with Crippen LogP contribution in [0, 0.1) is 6.92 Å². The summed E-state index contributed by atoms with van der Waals surface area (Å²) < 4.78 is 0. The number of nitrogen functional groups attached to an aromatic ring is 1. The quantitative estimate of drug-likeness (QED) is 0.807. The molecule has 0 aliphatic carbocycles. The first kappa shape index (κ1) is 14.0. The number of benzene rings is 1. The SMILES string of the molecule is Cc1cc(N)c(Cl)cc1N1CC2CCCCN2CC1C. The van der Waals surface area contributed by atoms with Gasteiger partial charge >= 0.3 is 0 Å². The summed E-state index contributed by atoms with van der Waals surface area (Å²) in [6, 6.07) is 5.28. The Hall–Kier alpha value is -0.930. The Bertz CT molecular complexity index is 503. The molecule has 2 unspecified atom stereocenters. The number of hydrogen-bond acceptors (Lipinski definition) is 3. The molecule has 2 atom stereocenters. The second-order valence-corrected chi connectivity index (χ2v) is 6.71. The van der Waals surface area contributed by atoms with E-state index in [1.807, 2.05) is 12.1 Å². The third-order valence-corrected chi connectivity index (χ3v) is 5.14. The molecular formula is C16H24ClN3. The lowest BCUT2D eigenvalue weighted by Crippen LogP contribution is -2.59. The van der Waals surface area contributed by atoms with Crippen molar-refractivity contribution >= 4 is 23.0 Å². The van der Waals surface area contributed by atoms with Gasteiger partial charge in [-0.1, -0.05) is 18.0 Å². The lowest BCUT2D eigenvalue weighted by atomic mass is 9.96. The third-order valence-electron chi connectivity index (χ3n) is 4.81. The van der Waals surface area contributed by atoms with E-state index in [0.29, 0.717) is 22.8 Å². The highest BCUT2D eigenvalue weighted by molar-refractivity contribution is 6.33. The molecule has 2 heterocycles. The maximum Gasteiger partial charge on any atom is 0.0656 e. The van der Waals surface area contributed by atoms with Crippen LogP contribution in [-0.2, 0) is 0 Å². The summed E-state index contributed by atoms with van der Waals surface area (Å²) in [7, 11) is 0. The predicted molar refractivity (Wildman–Crippen MR) is 86.6 cm³/mol. The van der Waals surface area contributed by atoms with Gasteiger partial charge in [-0.05, 0) is 50.9 Å². The standard InChI is InChI=1S/C16H24ClN3/c1-11-7-15(18)14(17)8-16(11)20-10-13-5-3-4-6-19(13)9-12(20)2/h7-8,12-13H,3-6,9-10,18H2,1-2H3. The molecule has 0 amide bonds. The first-order valence-corrected chi connectivity index (χ1v) is 8.00. The zero-order valence-electron chi connectivity index (χ0n) is 12.4. The van der Waals surface area contributed by atoms with E-state index in [1.54, 1.807) is 0 Å². The second-order valence-electron chi connectivity index (χ2n) is 6.31. The zero-order valence-corrected chi connectivity index (χ0v) is 13.2. The fourth-order valence-electron chi connectivity index (χ4n) is 3.69. The molecule has 20 heavy (non-hydrogen) atoms. The monoisotopic (exact) mass is 293 g/mol. The van der Waals surface area contributed by atoms with Gasteiger partial charge in [0.05, 0.1) is 10.7 Å². The molecule has 2 saturated heterocycles. The van der Waals surface area contributed by atoms with Crippen molar-refractivity contribution in [2.75, 3.05) is 30.3 Å². The van der Waals surface area contributed by atoms with Crippen LogP contribution in [0.5, 0.6) is 0 Å². The molecule has 3 nitrogen and oxygen atoms in total. The van der Waals surface area contributed by atoms with Gasteiger partial charge in [0.15, 0.2) is 0 Å². The van der Waals surface area contributed by atoms with E-state index < -0.39 is 0 Å². The van der Waals surface area contributed by atoms with Crippen molar-refractivity contribution in [1.82, 2.24) is 4.90 Å². The average Bonchev–Trinajstić information content (AvgIpc) is 2.42.